The zero-order chi connectivity index (χ0) is 66.8. The normalized spacial score (nSPS) is 24.7. The van der Waals surface area contributed by atoms with Crippen molar-refractivity contribution in [3.8, 4) is 33.8 Å². The summed E-state index contributed by atoms with van der Waals surface area (Å²) in [5, 5.41) is 76.8. The van der Waals surface area contributed by atoms with Gasteiger partial charge in [0.1, 0.15) is 22.7 Å². The highest BCUT2D eigenvalue weighted by atomic mass is 16.6. The van der Waals surface area contributed by atoms with Crippen LogP contribution in [-0.2, 0) is 29.6 Å². The molecule has 105 heavy (non-hydrogen) atoms. The maximum Gasteiger partial charge on any atom is 0.336 e. The molecule has 10 bridgehead atoms. The average molecular weight is 1330 g/mol. The van der Waals surface area contributed by atoms with Gasteiger partial charge in [-0.25, -0.2) is 4.79 Å². The Labute approximate surface area is 592 Å². The average Bonchev–Trinajstić information content (AvgIpc) is 1.39. The smallest absolute Gasteiger partial charge is 0.336 e. The molecule has 7 unspecified atom stereocenters. The van der Waals surface area contributed by atoms with Crippen LogP contribution >= 0.6 is 0 Å². The van der Waals surface area contributed by atoms with E-state index in [2.05, 4.69) is 153 Å². The summed E-state index contributed by atoms with van der Waals surface area (Å²) in [6.07, 6.45) is 11.9. The van der Waals surface area contributed by atoms with Crippen molar-refractivity contribution in [2.24, 2.45) is 5.92 Å². The SMILES string of the molecule is Cc1cc2c3c4c5c6c7c8c9c%10c%11c%12c(ccc%11cc9c(C)c7cc5cc3c1)C=CC1C3=C5C7=C9CC%11C5=c5c(cc%13cccc%14cc%15cc%16cc%17cc%18cc%19ccc%20c(O)c%19c%19c%21cc%22c(c%23c%21c(c(c%17c(O)c%16c%11c%15c5c%13%14)c%18%19)CC5=C9C(=C8C6C=%235)C%10C75OC%1215)C4c1c-2cc(C(=O)O)c(c1-%22)CC=C%20)C3. The van der Waals surface area contributed by atoms with E-state index in [0.717, 1.165) is 105 Å². The van der Waals surface area contributed by atoms with Gasteiger partial charge in [-0.3, -0.25) is 0 Å². The number of carboxylic acids is 1. The number of rotatable bonds is 1. The van der Waals surface area contributed by atoms with Crippen molar-refractivity contribution in [2.75, 3.05) is 0 Å². The Kier molecular flexibility index (Phi) is 6.59. The van der Waals surface area contributed by atoms with Crippen LogP contribution in [0.15, 0.2) is 172 Å². The molecule has 0 aromatic heterocycles. The van der Waals surface area contributed by atoms with Crippen molar-refractivity contribution in [2.45, 2.75) is 74.4 Å². The Balaban J connectivity index is 0.917. The van der Waals surface area contributed by atoms with Crippen molar-refractivity contribution in [1.29, 1.82) is 0 Å². The summed E-state index contributed by atoms with van der Waals surface area (Å²) < 4.78 is 8.76. The molecule has 3 N–H and O–H groups in total. The van der Waals surface area contributed by atoms with Crippen LogP contribution in [0.5, 0.6) is 11.5 Å². The molecular formula is C100H46O5. The Hall–Kier alpha value is -12.2. The van der Waals surface area contributed by atoms with Gasteiger partial charge in [0.25, 0.3) is 0 Å². The largest absolute Gasteiger partial charge is 0.507 e. The number of hydrogen-bond donors (Lipinski definition) is 3. The zero-order valence-electron chi connectivity index (χ0n) is 56.2. The van der Waals surface area contributed by atoms with Crippen molar-refractivity contribution < 1.29 is 24.9 Å². The summed E-state index contributed by atoms with van der Waals surface area (Å²) in [5.74, 6) is -1.07. The molecule has 0 amide bonds. The van der Waals surface area contributed by atoms with E-state index >= 15 is 5.11 Å². The van der Waals surface area contributed by atoms with Gasteiger partial charge in [-0.05, 0) is 390 Å². The van der Waals surface area contributed by atoms with Crippen LogP contribution in [0.25, 0.3) is 202 Å². The zero-order valence-corrected chi connectivity index (χ0v) is 56.2. The third kappa shape index (κ3) is 4.21. The first-order valence-corrected chi connectivity index (χ1v) is 38.1. The molecule has 5 heteroatoms. The summed E-state index contributed by atoms with van der Waals surface area (Å²) >= 11 is 0. The van der Waals surface area contributed by atoms with Gasteiger partial charge in [-0.1, -0.05) is 85.0 Å². The van der Waals surface area contributed by atoms with Crippen LogP contribution in [-0.4, -0.2) is 26.9 Å². The summed E-state index contributed by atoms with van der Waals surface area (Å²) in [7, 11) is 0. The predicted molar refractivity (Wildman–Crippen MR) is 419 cm³/mol. The van der Waals surface area contributed by atoms with Crippen molar-refractivity contribution in [3.05, 3.63) is 272 Å². The predicted octanol–water partition coefficient (Wildman–Crippen LogP) is 21.1. The van der Waals surface area contributed by atoms with Gasteiger partial charge in [-0.2, -0.15) is 0 Å². The molecule has 34 rings (SSSR count). The maximum atomic E-state index is 15.0. The lowest BCUT2D eigenvalue weighted by Crippen LogP contribution is -2.52. The molecule has 5 nitrogen and oxygen atoms in total. The Bertz CT molecular complexity index is 8640. The van der Waals surface area contributed by atoms with Crippen LogP contribution in [0.4, 0.5) is 0 Å². The van der Waals surface area contributed by atoms with Gasteiger partial charge < -0.3 is 20.1 Å². The fourth-order valence-electron chi connectivity index (χ4n) is 29.2. The van der Waals surface area contributed by atoms with Crippen LogP contribution < -0.4 is 10.4 Å². The van der Waals surface area contributed by atoms with Gasteiger partial charge in [0.15, 0.2) is 0 Å². The maximum absolute atomic E-state index is 15.0. The van der Waals surface area contributed by atoms with E-state index in [1.165, 1.54) is 224 Å². The highest BCUT2D eigenvalue weighted by molar-refractivity contribution is 6.41. The van der Waals surface area contributed by atoms with Crippen molar-refractivity contribution in [1.82, 2.24) is 0 Å². The van der Waals surface area contributed by atoms with E-state index < -0.39 is 17.2 Å². The molecular weight excluding hydrogens is 1280 g/mol. The van der Waals surface area contributed by atoms with Crippen molar-refractivity contribution >= 4 is 186 Å². The quantitative estimate of drug-likeness (QED) is 0.0866. The molecule has 1 heterocycles. The molecule has 2 spiro atoms. The second kappa shape index (κ2) is 14.0. The lowest BCUT2D eigenvalue weighted by molar-refractivity contribution is 0.0696. The number of allylic oxidation sites excluding steroid dienone is 5. The number of carboxylic acid groups (broad SMARTS) is 1. The highest BCUT2D eigenvalue weighted by Crippen LogP contribution is 2.87. The summed E-state index contributed by atoms with van der Waals surface area (Å²) in [6, 6.07) is 48.0. The second-order valence-corrected chi connectivity index (χ2v) is 35.0. The van der Waals surface area contributed by atoms with E-state index in [-0.39, 0.29) is 35.3 Å². The Morgan fingerprint density at radius 2 is 1.22 bits per heavy atom. The number of phenols is 2. The number of phenolic OH excluding ortho intramolecular Hbond substituents is 2. The van der Waals surface area contributed by atoms with Gasteiger partial charge in [-0.15, -0.1) is 0 Å². The van der Waals surface area contributed by atoms with Crippen LogP contribution in [0, 0.1) is 19.8 Å². The van der Waals surface area contributed by atoms with E-state index in [0.29, 0.717) is 29.7 Å². The topological polar surface area (TPSA) is 90.3 Å². The fraction of sp³-hybridized carbons (Fsp3) is 0.130. The number of epoxide rings is 1. The molecule has 1 aliphatic heterocycles. The molecule has 0 radical (unpaired) electrons. The van der Waals surface area contributed by atoms with Gasteiger partial charge in [0.2, 0.25) is 0 Å². The van der Waals surface area contributed by atoms with Crippen molar-refractivity contribution in [3.63, 3.8) is 0 Å². The number of hydrogen-bond acceptors (Lipinski definition) is 4. The molecule has 17 aromatic rings. The minimum atomic E-state index is -0.930. The van der Waals surface area contributed by atoms with Crippen LogP contribution in [0.3, 0.4) is 0 Å². The summed E-state index contributed by atoms with van der Waals surface area (Å²) in [6.45, 7) is 4.69. The summed E-state index contributed by atoms with van der Waals surface area (Å²) in [5.41, 5.74) is 36.9. The van der Waals surface area contributed by atoms with E-state index in [1.54, 1.807) is 0 Å². The third-order valence-corrected chi connectivity index (χ3v) is 31.7. The molecule has 17 aliphatic rings. The van der Waals surface area contributed by atoms with E-state index in [9.17, 15) is 15.0 Å². The van der Waals surface area contributed by atoms with Gasteiger partial charge in [0.05, 0.1) is 5.56 Å². The molecule has 7 atom stereocenters. The summed E-state index contributed by atoms with van der Waals surface area (Å²) in [4.78, 5) is 14.7. The number of aryl methyl sites for hydroxylation is 2. The molecule has 1 saturated heterocycles. The standard InChI is InChI=1S/C100H46O5/c1-31-15-39-20-45-25-48-32(2)47-24-38-11-9-33-13-14-59-52-26-44-18-36-7-3-6-35-17-41-22-43-23-42-21-40-19-37-12-10-34-5-4-8-46-51(98(103)104)27-50-49(16-31)61(39)84-65(45)85-73(48)87-74(47)91-66(38)93(33)99(59)100(105-99)94-58-30-57-78(63(41)83(60(35)36)64(44)79(57)82(52)94)69(43)97(102)68(42)77-55-29-56-72(58)92(95(91)100)90(87)89(85)81(56)86-71(55)54(76(62(40)77)67(37)96(34)101)28-53-70(46)75(50)88(84)80(53)86/h3-7,9-25,27-28,57,59,88-89,95,101-102H,8,26,29-30H2,1-2H3,(H,103,104). The first-order valence-electron chi connectivity index (χ1n) is 38.1. The lowest BCUT2D eigenvalue weighted by atomic mass is 9.43. The van der Waals surface area contributed by atoms with Crippen LogP contribution in [0.1, 0.15) is 124 Å². The first-order chi connectivity index (χ1) is 51.6. The number of ether oxygens (including phenoxy) is 1. The number of carbonyl (C=O) groups is 1. The minimum Gasteiger partial charge on any atom is -0.507 e. The molecule has 16 aliphatic carbocycles. The van der Waals surface area contributed by atoms with Crippen LogP contribution in [0.2, 0.25) is 0 Å². The molecule has 476 valence electrons. The number of fused-ring (bicyclic) bond motifs is 3. The Morgan fingerprint density at radius 1 is 0.476 bits per heavy atom. The third-order valence-electron chi connectivity index (χ3n) is 31.7. The number of aromatic hydroxyl groups is 2. The molecule has 17 aromatic carbocycles. The molecule has 1 fully saturated rings. The number of aromatic carboxylic acids is 1. The highest BCUT2D eigenvalue weighted by Gasteiger charge is 2.86. The Morgan fingerprint density at radius 3 is 2.09 bits per heavy atom. The number of benzene rings is 17. The van der Waals surface area contributed by atoms with Gasteiger partial charge in [0, 0.05) is 62.3 Å². The fourth-order valence-corrected chi connectivity index (χ4v) is 29.2. The monoisotopic (exact) mass is 1330 g/mol. The van der Waals surface area contributed by atoms with Gasteiger partial charge >= 0.3 is 5.97 Å². The minimum absolute atomic E-state index is 0.0180. The van der Waals surface area contributed by atoms with E-state index in [1.807, 2.05) is 6.08 Å². The first kappa shape index (κ1) is 49.5. The van der Waals surface area contributed by atoms with E-state index in [4.69, 9.17) is 4.74 Å². The second-order valence-electron chi connectivity index (χ2n) is 35.0. The lowest BCUT2D eigenvalue weighted by Gasteiger charge is -2.56. The molecule has 0 saturated carbocycles.